The molecule has 35 heavy (non-hydrogen) atoms. The molecule has 0 aromatic carbocycles. The molecule has 0 amide bonds. The molecule has 0 bridgehead atoms. The Kier molecular flexibility index (Phi) is 15.9. The Morgan fingerprint density at radius 3 is 1.49 bits per heavy atom. The van der Waals surface area contributed by atoms with Crippen LogP contribution in [0.4, 0.5) is 0 Å². The standard InChI is InChI=1S/C18H39O2Si2.3C4H9.Sn/c1-16(20-22(10,11)18(5,6)7)14-12-13-15-19-21(8,9)17(2,3)4;3*1-3-4-2;/h12,16H,14-15H2,1-11H3;3*1,3-4H2,2H3;. The van der Waals surface area contributed by atoms with Gasteiger partial charge in [-0.2, -0.15) is 0 Å². The van der Waals surface area contributed by atoms with Gasteiger partial charge in [0.2, 0.25) is 0 Å². The number of rotatable bonds is 17. The van der Waals surface area contributed by atoms with E-state index < -0.39 is 35.0 Å². The van der Waals surface area contributed by atoms with Crippen molar-refractivity contribution in [3.05, 3.63) is 9.67 Å². The van der Waals surface area contributed by atoms with Crippen molar-refractivity contribution in [2.45, 2.75) is 170 Å². The normalized spacial score (nSPS) is 15.5. The Bertz CT molecular complexity index is 593. The van der Waals surface area contributed by atoms with Crippen molar-refractivity contribution < 1.29 is 8.85 Å². The first-order valence-electron chi connectivity index (χ1n) is 14.9. The van der Waals surface area contributed by atoms with Gasteiger partial charge in [0.25, 0.3) is 0 Å². The summed E-state index contributed by atoms with van der Waals surface area (Å²) in [4.78, 5) is 0. The molecule has 210 valence electrons. The van der Waals surface area contributed by atoms with Gasteiger partial charge in [-0.05, 0) is 0 Å². The van der Waals surface area contributed by atoms with Crippen LogP contribution in [0.5, 0.6) is 0 Å². The van der Waals surface area contributed by atoms with Crippen LogP contribution >= 0.6 is 0 Å². The summed E-state index contributed by atoms with van der Waals surface area (Å²) in [6.07, 6.45) is 12.2. The second-order valence-corrected chi connectivity index (χ2v) is 37.3. The third-order valence-corrected chi connectivity index (χ3v) is 34.3. The van der Waals surface area contributed by atoms with Crippen molar-refractivity contribution in [1.29, 1.82) is 0 Å². The second-order valence-electron chi connectivity index (χ2n) is 14.3. The molecule has 0 aromatic rings. The summed E-state index contributed by atoms with van der Waals surface area (Å²) in [6, 6.07) is 0. The van der Waals surface area contributed by atoms with Crippen molar-refractivity contribution >= 4 is 35.0 Å². The molecule has 5 heteroatoms. The van der Waals surface area contributed by atoms with E-state index in [0.717, 1.165) is 13.0 Å². The van der Waals surface area contributed by atoms with Gasteiger partial charge in [-0.15, -0.1) is 0 Å². The Balaban J connectivity index is 6.23. The van der Waals surface area contributed by atoms with Gasteiger partial charge < -0.3 is 0 Å². The van der Waals surface area contributed by atoms with Crippen LogP contribution < -0.4 is 0 Å². The van der Waals surface area contributed by atoms with Crippen molar-refractivity contribution in [1.82, 2.24) is 0 Å². The predicted octanol–water partition coefficient (Wildman–Crippen LogP) is 11.1. The van der Waals surface area contributed by atoms with Crippen LogP contribution in [-0.4, -0.2) is 47.7 Å². The maximum absolute atomic E-state index is 6.98. The van der Waals surface area contributed by atoms with Crippen LogP contribution in [0.3, 0.4) is 0 Å². The third-order valence-electron chi connectivity index (χ3n) is 9.10. The van der Waals surface area contributed by atoms with Gasteiger partial charge in [0.05, 0.1) is 0 Å². The first-order chi connectivity index (χ1) is 15.9. The van der Waals surface area contributed by atoms with Crippen molar-refractivity contribution in [3.8, 4) is 0 Å². The van der Waals surface area contributed by atoms with Crippen LogP contribution in [0, 0.1) is 0 Å². The van der Waals surface area contributed by atoms with E-state index in [1.165, 1.54) is 51.8 Å². The molecule has 0 rings (SSSR count). The first kappa shape index (κ1) is 35.9. The molecule has 0 aliphatic heterocycles. The Morgan fingerprint density at radius 1 is 0.743 bits per heavy atom. The van der Waals surface area contributed by atoms with Crippen molar-refractivity contribution in [2.75, 3.05) is 6.61 Å². The molecule has 0 aliphatic carbocycles. The number of hydrogen-bond donors (Lipinski definition) is 0. The van der Waals surface area contributed by atoms with Crippen LogP contribution in [0.1, 0.15) is 114 Å². The fraction of sp³-hybridized carbons (Fsp3) is 0.933. The molecular weight excluding hydrogens is 567 g/mol. The minimum atomic E-state index is -2.55. The first-order valence-corrected chi connectivity index (χ1v) is 28.2. The molecule has 0 aliphatic rings. The van der Waals surface area contributed by atoms with E-state index in [4.69, 9.17) is 8.85 Å². The zero-order valence-corrected chi connectivity index (χ0v) is 31.6. The van der Waals surface area contributed by atoms with Gasteiger partial charge in [-0.25, -0.2) is 0 Å². The van der Waals surface area contributed by atoms with E-state index in [1.54, 1.807) is 3.59 Å². The van der Waals surface area contributed by atoms with Gasteiger partial charge >= 0.3 is 230 Å². The molecule has 0 saturated heterocycles. The van der Waals surface area contributed by atoms with Crippen LogP contribution in [0.2, 0.25) is 49.6 Å². The molecule has 0 N–H and O–H groups in total. The summed E-state index contributed by atoms with van der Waals surface area (Å²) < 4.78 is 20.1. The SMILES string of the molecule is CCC[CH2][Sn]([CH2]CCC)([CH2]CCC)/[C](=C\CC(C)O[Si](C)(C)C(C)(C)C)CO[Si](C)(C)C(C)(C)C. The fourth-order valence-corrected chi connectivity index (χ4v) is 23.5. The van der Waals surface area contributed by atoms with E-state index in [0.29, 0.717) is 0 Å². The Labute approximate surface area is 228 Å². The van der Waals surface area contributed by atoms with Gasteiger partial charge in [-0.3, -0.25) is 0 Å². The Morgan fingerprint density at radius 2 is 1.14 bits per heavy atom. The molecule has 0 saturated carbocycles. The quantitative estimate of drug-likeness (QED) is 0.148. The van der Waals surface area contributed by atoms with Crippen molar-refractivity contribution in [3.63, 3.8) is 0 Å². The van der Waals surface area contributed by atoms with E-state index in [9.17, 15) is 0 Å². The third kappa shape index (κ3) is 12.1. The monoisotopic (exact) mass is 634 g/mol. The summed E-state index contributed by atoms with van der Waals surface area (Å²) >= 11 is -2.55. The number of hydrogen-bond acceptors (Lipinski definition) is 2. The molecule has 0 spiro atoms. The van der Waals surface area contributed by atoms with Crippen molar-refractivity contribution in [2.24, 2.45) is 0 Å². The Hall–Kier alpha value is 0.892. The summed E-state index contributed by atoms with van der Waals surface area (Å²) in [5.74, 6) is 0. The van der Waals surface area contributed by atoms with Gasteiger partial charge in [0.15, 0.2) is 0 Å². The van der Waals surface area contributed by atoms with Gasteiger partial charge in [-0.1, -0.05) is 0 Å². The molecular formula is C30H66O2Si2Sn. The molecule has 0 fully saturated rings. The summed E-state index contributed by atoms with van der Waals surface area (Å²) in [6.45, 7) is 34.1. The average molecular weight is 634 g/mol. The predicted molar refractivity (Wildman–Crippen MR) is 168 cm³/mol. The molecule has 0 heterocycles. The number of unbranched alkanes of at least 4 members (excludes halogenated alkanes) is 3. The molecule has 0 aromatic heterocycles. The van der Waals surface area contributed by atoms with Crippen LogP contribution in [0.15, 0.2) is 9.67 Å². The molecule has 1 atom stereocenters. The van der Waals surface area contributed by atoms with Gasteiger partial charge in [0.1, 0.15) is 0 Å². The summed E-state index contributed by atoms with van der Waals surface area (Å²) in [7, 11) is -3.55. The van der Waals surface area contributed by atoms with Crippen LogP contribution in [-0.2, 0) is 8.85 Å². The summed E-state index contributed by atoms with van der Waals surface area (Å²) in [5.41, 5.74) is 0. The topological polar surface area (TPSA) is 18.5 Å². The zero-order valence-electron chi connectivity index (χ0n) is 26.7. The van der Waals surface area contributed by atoms with Gasteiger partial charge in [0, 0.05) is 0 Å². The van der Waals surface area contributed by atoms with E-state index in [2.05, 4.69) is 102 Å². The summed E-state index contributed by atoms with van der Waals surface area (Å²) in [5, 5.41) is 0.511. The van der Waals surface area contributed by atoms with E-state index in [-0.39, 0.29) is 16.2 Å². The molecule has 1 unspecified atom stereocenters. The second kappa shape index (κ2) is 15.5. The van der Waals surface area contributed by atoms with E-state index in [1.807, 2.05) is 0 Å². The molecule has 2 nitrogen and oxygen atoms in total. The van der Waals surface area contributed by atoms with Crippen LogP contribution in [0.25, 0.3) is 0 Å². The average Bonchev–Trinajstić information content (AvgIpc) is 2.71. The molecule has 0 radical (unpaired) electrons. The zero-order chi connectivity index (χ0) is 27.6. The minimum absolute atomic E-state index is 0.255. The van der Waals surface area contributed by atoms with E-state index >= 15 is 0 Å². The maximum atomic E-state index is 6.98. The fourth-order valence-electron chi connectivity index (χ4n) is 4.34.